The van der Waals surface area contributed by atoms with E-state index in [9.17, 15) is 0 Å². The molecule has 2 heterocycles. The van der Waals surface area contributed by atoms with Crippen LogP contribution < -0.4 is 4.74 Å². The summed E-state index contributed by atoms with van der Waals surface area (Å²) in [6, 6.07) is 9.28. The largest absolute Gasteiger partial charge is 0.493 e. The highest BCUT2D eigenvalue weighted by Gasteiger charge is 2.33. The van der Waals surface area contributed by atoms with Gasteiger partial charge in [0.25, 0.3) is 0 Å². The van der Waals surface area contributed by atoms with Crippen LogP contribution in [0.1, 0.15) is 37.7 Å². The number of hydrogen-bond acceptors (Lipinski definition) is 3. The van der Waals surface area contributed by atoms with Gasteiger partial charge < -0.3 is 9.47 Å². The zero-order chi connectivity index (χ0) is 15.2. The van der Waals surface area contributed by atoms with Crippen molar-refractivity contribution in [2.75, 3.05) is 33.4 Å². The second-order valence-electron chi connectivity index (χ2n) is 6.70. The van der Waals surface area contributed by atoms with Gasteiger partial charge in [-0.25, -0.2) is 0 Å². The Bertz CT molecular complexity index is 443. The fourth-order valence-corrected chi connectivity index (χ4v) is 3.95. The van der Waals surface area contributed by atoms with E-state index in [2.05, 4.69) is 29.2 Å². The monoisotopic (exact) mass is 303 g/mol. The molecule has 0 N–H and O–H groups in total. The van der Waals surface area contributed by atoms with E-state index in [4.69, 9.17) is 9.47 Å². The third-order valence-corrected chi connectivity index (χ3v) is 5.21. The molecular formula is C19H29NO2. The molecular weight excluding hydrogens is 274 g/mol. The highest BCUT2D eigenvalue weighted by atomic mass is 16.5. The third kappa shape index (κ3) is 4.02. The molecule has 2 unspecified atom stereocenters. The van der Waals surface area contributed by atoms with Crippen molar-refractivity contribution in [1.82, 2.24) is 4.90 Å². The van der Waals surface area contributed by atoms with Crippen LogP contribution in [0.15, 0.2) is 24.3 Å². The maximum Gasteiger partial charge on any atom is 0.119 e. The lowest BCUT2D eigenvalue weighted by Gasteiger charge is -2.44. The molecule has 0 aliphatic carbocycles. The van der Waals surface area contributed by atoms with Gasteiger partial charge in [-0.3, -0.25) is 4.90 Å². The molecule has 122 valence electrons. The molecule has 0 amide bonds. The van der Waals surface area contributed by atoms with Gasteiger partial charge in [0.2, 0.25) is 0 Å². The predicted molar refractivity (Wildman–Crippen MR) is 89.5 cm³/mol. The normalized spacial score (nSPS) is 25.7. The number of methoxy groups -OCH3 is 1. The van der Waals surface area contributed by atoms with Crippen LogP contribution in [0.3, 0.4) is 0 Å². The van der Waals surface area contributed by atoms with E-state index >= 15 is 0 Å². The van der Waals surface area contributed by atoms with Crippen LogP contribution in [0.25, 0.3) is 0 Å². The molecule has 2 aliphatic rings. The van der Waals surface area contributed by atoms with Gasteiger partial charge >= 0.3 is 0 Å². The van der Waals surface area contributed by atoms with E-state index in [0.717, 1.165) is 31.4 Å². The number of piperidine rings is 2. The summed E-state index contributed by atoms with van der Waals surface area (Å²) in [5, 5.41) is 0. The van der Waals surface area contributed by atoms with Crippen molar-refractivity contribution in [3.8, 4) is 5.75 Å². The summed E-state index contributed by atoms with van der Waals surface area (Å²) < 4.78 is 11.2. The van der Waals surface area contributed by atoms with Crippen molar-refractivity contribution in [3.63, 3.8) is 0 Å². The Morgan fingerprint density at radius 2 is 1.86 bits per heavy atom. The highest BCUT2D eigenvalue weighted by molar-refractivity contribution is 5.27. The number of nitrogens with zero attached hydrogens (tertiary/aromatic N) is 1. The van der Waals surface area contributed by atoms with E-state index < -0.39 is 0 Å². The smallest absolute Gasteiger partial charge is 0.119 e. The van der Waals surface area contributed by atoms with E-state index in [1.807, 2.05) is 0 Å². The molecule has 2 saturated heterocycles. The fourth-order valence-electron chi connectivity index (χ4n) is 3.95. The zero-order valence-corrected chi connectivity index (χ0v) is 13.8. The van der Waals surface area contributed by atoms with Crippen LogP contribution in [0.4, 0.5) is 0 Å². The molecule has 1 aromatic rings. The van der Waals surface area contributed by atoms with Crippen molar-refractivity contribution < 1.29 is 9.47 Å². The van der Waals surface area contributed by atoms with E-state index in [0.29, 0.717) is 5.92 Å². The van der Waals surface area contributed by atoms with Gasteiger partial charge in [0.15, 0.2) is 0 Å². The molecule has 22 heavy (non-hydrogen) atoms. The van der Waals surface area contributed by atoms with E-state index in [1.165, 1.54) is 50.8 Å². The lowest BCUT2D eigenvalue weighted by molar-refractivity contribution is 0.0366. The van der Waals surface area contributed by atoms with Crippen LogP contribution in [0.2, 0.25) is 0 Å². The summed E-state index contributed by atoms with van der Waals surface area (Å²) in [4.78, 5) is 2.70. The summed E-state index contributed by atoms with van der Waals surface area (Å²) in [7, 11) is 1.75. The zero-order valence-electron chi connectivity index (χ0n) is 13.8. The Balaban J connectivity index is 1.50. The molecule has 3 nitrogen and oxygen atoms in total. The van der Waals surface area contributed by atoms with Crippen LogP contribution in [0.5, 0.6) is 5.75 Å². The van der Waals surface area contributed by atoms with Crippen LogP contribution in [0, 0.1) is 5.92 Å². The fraction of sp³-hybridized carbons (Fsp3) is 0.684. The molecule has 2 aliphatic heterocycles. The van der Waals surface area contributed by atoms with E-state index in [-0.39, 0.29) is 0 Å². The molecule has 0 spiro atoms. The quantitative estimate of drug-likeness (QED) is 0.802. The van der Waals surface area contributed by atoms with Crippen molar-refractivity contribution in [3.05, 3.63) is 29.8 Å². The van der Waals surface area contributed by atoms with Gasteiger partial charge in [-0.1, -0.05) is 18.6 Å². The summed E-state index contributed by atoms with van der Waals surface area (Å²) in [5.74, 6) is 1.72. The maximum absolute atomic E-state index is 6.10. The van der Waals surface area contributed by atoms with Gasteiger partial charge in [0.1, 0.15) is 5.75 Å². The minimum atomic E-state index is 0.710. The van der Waals surface area contributed by atoms with Crippen molar-refractivity contribution in [2.45, 2.75) is 44.6 Å². The third-order valence-electron chi connectivity index (χ3n) is 5.21. The molecule has 0 bridgehead atoms. The summed E-state index contributed by atoms with van der Waals surface area (Å²) in [6.45, 7) is 4.25. The predicted octanol–water partition coefficient (Wildman–Crippen LogP) is 3.52. The highest BCUT2D eigenvalue weighted by Crippen LogP contribution is 2.31. The minimum Gasteiger partial charge on any atom is -0.493 e. The minimum absolute atomic E-state index is 0.710. The number of benzene rings is 1. The molecule has 0 saturated carbocycles. The first-order valence-corrected chi connectivity index (χ1v) is 8.81. The number of fused-ring (bicyclic) bond motifs is 1. The second-order valence-corrected chi connectivity index (χ2v) is 6.70. The second kappa shape index (κ2) is 7.98. The lowest BCUT2D eigenvalue weighted by Crippen LogP contribution is -2.49. The standard InChI is InChI=1S/C19H29NO2/c1-21-14-11-16-7-9-18(10-8-16)22-15-17-5-4-13-20-12-3-2-6-19(17)20/h7-10,17,19H,2-6,11-15H2,1H3. The van der Waals surface area contributed by atoms with Crippen molar-refractivity contribution in [2.24, 2.45) is 5.92 Å². The molecule has 2 atom stereocenters. The topological polar surface area (TPSA) is 21.7 Å². The summed E-state index contributed by atoms with van der Waals surface area (Å²) in [6.07, 6.45) is 7.77. The maximum atomic E-state index is 6.10. The Labute approximate surface area is 134 Å². The molecule has 0 radical (unpaired) electrons. The summed E-state index contributed by atoms with van der Waals surface area (Å²) in [5.41, 5.74) is 1.31. The van der Waals surface area contributed by atoms with Gasteiger partial charge in [-0.2, -0.15) is 0 Å². The van der Waals surface area contributed by atoms with Gasteiger partial charge in [0.05, 0.1) is 13.2 Å². The Kier molecular flexibility index (Phi) is 5.74. The molecule has 1 aromatic carbocycles. The average molecular weight is 303 g/mol. The Morgan fingerprint density at radius 3 is 2.68 bits per heavy atom. The molecule has 3 heteroatoms. The average Bonchev–Trinajstić information content (AvgIpc) is 2.59. The lowest BCUT2D eigenvalue weighted by atomic mass is 9.84. The van der Waals surface area contributed by atoms with Crippen LogP contribution in [-0.4, -0.2) is 44.4 Å². The van der Waals surface area contributed by atoms with E-state index in [1.54, 1.807) is 7.11 Å². The number of ether oxygens (including phenoxy) is 2. The van der Waals surface area contributed by atoms with Gasteiger partial charge in [-0.05, 0) is 62.9 Å². The molecule has 3 rings (SSSR count). The first-order valence-electron chi connectivity index (χ1n) is 8.81. The first kappa shape index (κ1) is 15.8. The molecule has 2 fully saturated rings. The van der Waals surface area contributed by atoms with Gasteiger partial charge in [0, 0.05) is 19.1 Å². The van der Waals surface area contributed by atoms with Crippen molar-refractivity contribution >= 4 is 0 Å². The first-order chi connectivity index (χ1) is 10.9. The Hall–Kier alpha value is -1.06. The number of rotatable bonds is 6. The van der Waals surface area contributed by atoms with Crippen LogP contribution in [-0.2, 0) is 11.2 Å². The SMILES string of the molecule is COCCc1ccc(OCC2CCCN3CCCCC23)cc1. The Morgan fingerprint density at radius 1 is 1.05 bits per heavy atom. The van der Waals surface area contributed by atoms with Crippen molar-refractivity contribution in [1.29, 1.82) is 0 Å². The molecule has 0 aromatic heterocycles. The van der Waals surface area contributed by atoms with Crippen LogP contribution >= 0.6 is 0 Å². The summed E-state index contributed by atoms with van der Waals surface area (Å²) >= 11 is 0. The number of hydrogen-bond donors (Lipinski definition) is 0. The van der Waals surface area contributed by atoms with Gasteiger partial charge in [-0.15, -0.1) is 0 Å².